The molecular formula is C12H13N3O3. The van der Waals surface area contributed by atoms with E-state index < -0.39 is 0 Å². The Bertz CT molecular complexity index is 595. The van der Waals surface area contributed by atoms with E-state index in [1.165, 1.54) is 12.3 Å². The van der Waals surface area contributed by atoms with Crippen molar-refractivity contribution in [2.45, 2.75) is 0 Å². The van der Waals surface area contributed by atoms with Gasteiger partial charge in [-0.3, -0.25) is 9.78 Å². The van der Waals surface area contributed by atoms with Crippen LogP contribution in [0.15, 0.2) is 35.3 Å². The lowest BCUT2D eigenvalue weighted by atomic mass is 10.2. The van der Waals surface area contributed by atoms with Gasteiger partial charge in [0.25, 0.3) is 5.56 Å². The molecule has 1 aromatic carbocycles. The number of benzene rings is 1. The first-order chi connectivity index (χ1) is 8.72. The first-order valence-corrected chi connectivity index (χ1v) is 5.27. The number of ether oxygens (including phenoxy) is 2. The van der Waals surface area contributed by atoms with Gasteiger partial charge >= 0.3 is 0 Å². The van der Waals surface area contributed by atoms with Crippen LogP contribution < -0.4 is 20.3 Å². The molecule has 18 heavy (non-hydrogen) atoms. The number of nitrogens with one attached hydrogen (secondary N) is 2. The summed E-state index contributed by atoms with van der Waals surface area (Å²) in [6, 6.07) is 6.65. The largest absolute Gasteiger partial charge is 0.497 e. The van der Waals surface area contributed by atoms with Gasteiger partial charge in [-0.25, -0.2) is 4.98 Å². The number of hydrogen-bond donors (Lipinski definition) is 2. The maximum Gasteiger partial charge on any atom is 0.252 e. The minimum Gasteiger partial charge on any atom is -0.497 e. The standard InChI is InChI=1S/C12H13N3O3/c1-17-8-3-4-10(18-2)9(7-8)14-12-13-6-5-11(16)15-12/h3-7H,1-2H3,(H2,13,14,15,16). The van der Waals surface area contributed by atoms with Crippen LogP contribution in [0.4, 0.5) is 11.6 Å². The lowest BCUT2D eigenvalue weighted by Gasteiger charge is -2.11. The molecule has 2 aromatic rings. The monoisotopic (exact) mass is 247 g/mol. The van der Waals surface area contributed by atoms with Gasteiger partial charge in [-0.2, -0.15) is 0 Å². The highest BCUT2D eigenvalue weighted by atomic mass is 16.5. The van der Waals surface area contributed by atoms with Gasteiger partial charge in [0, 0.05) is 18.3 Å². The van der Waals surface area contributed by atoms with Crippen molar-refractivity contribution in [2.75, 3.05) is 19.5 Å². The second kappa shape index (κ2) is 5.22. The lowest BCUT2D eigenvalue weighted by Crippen LogP contribution is -2.08. The molecule has 0 bridgehead atoms. The van der Waals surface area contributed by atoms with Crippen LogP contribution in [0.2, 0.25) is 0 Å². The van der Waals surface area contributed by atoms with Crippen molar-refractivity contribution in [1.82, 2.24) is 9.97 Å². The fourth-order valence-electron chi connectivity index (χ4n) is 1.47. The zero-order valence-corrected chi connectivity index (χ0v) is 10.1. The van der Waals surface area contributed by atoms with Crippen LogP contribution in [0.5, 0.6) is 11.5 Å². The number of rotatable bonds is 4. The molecule has 6 heteroatoms. The van der Waals surface area contributed by atoms with Gasteiger partial charge in [-0.1, -0.05) is 0 Å². The topological polar surface area (TPSA) is 76.2 Å². The van der Waals surface area contributed by atoms with Gasteiger partial charge in [0.2, 0.25) is 5.95 Å². The predicted octanol–water partition coefficient (Wildman–Crippen LogP) is 1.53. The van der Waals surface area contributed by atoms with E-state index in [-0.39, 0.29) is 5.56 Å². The molecule has 2 N–H and O–H groups in total. The number of hydrogen-bond acceptors (Lipinski definition) is 5. The molecule has 0 aliphatic carbocycles. The highest BCUT2D eigenvalue weighted by molar-refractivity contribution is 5.64. The number of aromatic amines is 1. The van der Waals surface area contributed by atoms with Crippen molar-refractivity contribution in [2.24, 2.45) is 0 Å². The second-order valence-electron chi connectivity index (χ2n) is 3.47. The van der Waals surface area contributed by atoms with E-state index in [0.29, 0.717) is 23.1 Å². The van der Waals surface area contributed by atoms with E-state index in [1.54, 1.807) is 32.4 Å². The van der Waals surface area contributed by atoms with Crippen LogP contribution in [0.1, 0.15) is 0 Å². The summed E-state index contributed by atoms with van der Waals surface area (Å²) in [5.41, 5.74) is 0.431. The van der Waals surface area contributed by atoms with Crippen molar-refractivity contribution in [1.29, 1.82) is 0 Å². The molecule has 0 aliphatic rings. The Kier molecular flexibility index (Phi) is 3.47. The molecule has 0 radical (unpaired) electrons. The van der Waals surface area contributed by atoms with Gasteiger partial charge in [-0.15, -0.1) is 0 Å². The summed E-state index contributed by atoms with van der Waals surface area (Å²) < 4.78 is 10.3. The number of methoxy groups -OCH3 is 2. The molecule has 0 amide bonds. The third-order valence-electron chi connectivity index (χ3n) is 2.33. The van der Waals surface area contributed by atoms with E-state index in [0.717, 1.165) is 0 Å². The minimum absolute atomic E-state index is 0.227. The molecule has 6 nitrogen and oxygen atoms in total. The van der Waals surface area contributed by atoms with Crippen molar-refractivity contribution in [3.8, 4) is 11.5 Å². The zero-order valence-electron chi connectivity index (χ0n) is 10.1. The molecule has 0 atom stereocenters. The summed E-state index contributed by atoms with van der Waals surface area (Å²) in [5, 5.41) is 2.97. The molecule has 0 saturated heterocycles. The van der Waals surface area contributed by atoms with Crippen LogP contribution in [-0.4, -0.2) is 24.2 Å². The molecule has 0 unspecified atom stereocenters. The Morgan fingerprint density at radius 2 is 2.06 bits per heavy atom. The third-order valence-corrected chi connectivity index (χ3v) is 2.33. The summed E-state index contributed by atoms with van der Waals surface area (Å²) >= 11 is 0. The van der Waals surface area contributed by atoms with Crippen LogP contribution in [0.3, 0.4) is 0 Å². The fourth-order valence-corrected chi connectivity index (χ4v) is 1.47. The van der Waals surface area contributed by atoms with E-state index >= 15 is 0 Å². The smallest absolute Gasteiger partial charge is 0.252 e. The first-order valence-electron chi connectivity index (χ1n) is 5.27. The van der Waals surface area contributed by atoms with Crippen molar-refractivity contribution in [3.05, 3.63) is 40.8 Å². The predicted molar refractivity (Wildman–Crippen MR) is 67.7 cm³/mol. The fraction of sp³-hybridized carbons (Fsp3) is 0.167. The number of aromatic nitrogens is 2. The minimum atomic E-state index is -0.227. The van der Waals surface area contributed by atoms with E-state index in [1.807, 2.05) is 0 Å². The van der Waals surface area contributed by atoms with Crippen LogP contribution >= 0.6 is 0 Å². The van der Waals surface area contributed by atoms with Crippen LogP contribution in [0.25, 0.3) is 0 Å². The maximum atomic E-state index is 11.2. The van der Waals surface area contributed by atoms with Crippen LogP contribution in [0, 0.1) is 0 Å². The van der Waals surface area contributed by atoms with E-state index in [2.05, 4.69) is 15.3 Å². The van der Waals surface area contributed by atoms with Crippen LogP contribution in [-0.2, 0) is 0 Å². The summed E-state index contributed by atoms with van der Waals surface area (Å²) in [6.07, 6.45) is 1.42. The van der Waals surface area contributed by atoms with Crippen molar-refractivity contribution < 1.29 is 9.47 Å². The quantitative estimate of drug-likeness (QED) is 0.856. The summed E-state index contributed by atoms with van der Waals surface area (Å²) in [6.45, 7) is 0. The van der Waals surface area contributed by atoms with Gasteiger partial charge in [-0.05, 0) is 12.1 Å². The summed E-state index contributed by atoms with van der Waals surface area (Å²) in [7, 11) is 3.14. The molecule has 1 heterocycles. The van der Waals surface area contributed by atoms with Gasteiger partial charge in [0.05, 0.1) is 19.9 Å². The molecule has 1 aromatic heterocycles. The summed E-state index contributed by atoms with van der Waals surface area (Å²) in [5.74, 6) is 1.65. The highest BCUT2D eigenvalue weighted by Gasteiger charge is 2.06. The molecule has 0 saturated carbocycles. The number of anilines is 2. The molecular weight excluding hydrogens is 234 g/mol. The third kappa shape index (κ3) is 2.60. The lowest BCUT2D eigenvalue weighted by molar-refractivity contribution is 0.405. The van der Waals surface area contributed by atoms with Gasteiger partial charge < -0.3 is 14.8 Å². The molecule has 2 rings (SSSR count). The van der Waals surface area contributed by atoms with E-state index in [4.69, 9.17) is 9.47 Å². The van der Waals surface area contributed by atoms with Gasteiger partial charge in [0.1, 0.15) is 11.5 Å². The average Bonchev–Trinajstić information content (AvgIpc) is 2.38. The van der Waals surface area contributed by atoms with Gasteiger partial charge in [0.15, 0.2) is 0 Å². The summed E-state index contributed by atoms with van der Waals surface area (Å²) in [4.78, 5) is 17.7. The molecule has 0 fully saturated rings. The molecule has 94 valence electrons. The van der Waals surface area contributed by atoms with Crippen molar-refractivity contribution in [3.63, 3.8) is 0 Å². The normalized spacial score (nSPS) is 9.89. The Morgan fingerprint density at radius 3 is 2.72 bits per heavy atom. The highest BCUT2D eigenvalue weighted by Crippen LogP contribution is 2.30. The number of H-pyrrole nitrogens is 1. The average molecular weight is 247 g/mol. The molecule has 0 aliphatic heterocycles. The maximum absolute atomic E-state index is 11.2. The SMILES string of the molecule is COc1ccc(OC)c(Nc2nccc(=O)[nH]2)c1. The molecule has 0 spiro atoms. The Morgan fingerprint density at radius 1 is 1.22 bits per heavy atom. The Hall–Kier alpha value is -2.50. The van der Waals surface area contributed by atoms with E-state index in [9.17, 15) is 4.79 Å². The Balaban J connectivity index is 2.35. The Labute approximate surface area is 104 Å². The second-order valence-corrected chi connectivity index (χ2v) is 3.47. The van der Waals surface area contributed by atoms with Crippen molar-refractivity contribution >= 4 is 11.6 Å². The number of nitrogens with zero attached hydrogens (tertiary/aromatic N) is 1. The zero-order chi connectivity index (χ0) is 13.0. The first kappa shape index (κ1) is 12.0.